The van der Waals surface area contributed by atoms with Gasteiger partial charge in [-0.2, -0.15) is 0 Å². The highest BCUT2D eigenvalue weighted by atomic mass is 15.0. The van der Waals surface area contributed by atoms with Crippen LogP contribution in [0.15, 0.2) is 194 Å². The van der Waals surface area contributed by atoms with E-state index < -0.39 is 0 Å². The Hall–Kier alpha value is -6.90. The average molecular weight is 661 g/mol. The summed E-state index contributed by atoms with van der Waals surface area (Å²) in [5, 5.41) is 10.0. The zero-order chi connectivity index (χ0) is 34.2. The number of rotatable bonds is 4. The number of hydrogen-bond acceptors (Lipinski definition) is 0. The van der Waals surface area contributed by atoms with Crippen LogP contribution in [0.25, 0.3) is 98.8 Å². The molecule has 0 saturated heterocycles. The maximum absolute atomic E-state index is 2.53. The summed E-state index contributed by atoms with van der Waals surface area (Å²) >= 11 is 0. The van der Waals surface area contributed by atoms with Crippen LogP contribution in [-0.4, -0.2) is 9.13 Å². The van der Waals surface area contributed by atoms with Crippen molar-refractivity contribution in [2.75, 3.05) is 0 Å². The molecule has 52 heavy (non-hydrogen) atoms. The first-order valence-corrected chi connectivity index (χ1v) is 17.9. The first kappa shape index (κ1) is 28.9. The summed E-state index contributed by atoms with van der Waals surface area (Å²) in [5.74, 6) is 0. The van der Waals surface area contributed by atoms with Gasteiger partial charge in [0.2, 0.25) is 0 Å². The van der Waals surface area contributed by atoms with Gasteiger partial charge in [0.25, 0.3) is 0 Å². The molecule has 2 heteroatoms. The number of aromatic nitrogens is 2. The summed E-state index contributed by atoms with van der Waals surface area (Å²) in [6, 6.07) is 70.9. The Kier molecular flexibility index (Phi) is 6.28. The molecule has 0 atom stereocenters. The first-order valence-electron chi connectivity index (χ1n) is 17.9. The van der Waals surface area contributed by atoms with Crippen LogP contribution < -0.4 is 0 Å². The van der Waals surface area contributed by atoms with E-state index in [1.54, 1.807) is 0 Å². The van der Waals surface area contributed by atoms with E-state index in [1.165, 1.54) is 87.4 Å². The fourth-order valence-corrected chi connectivity index (χ4v) is 8.62. The zero-order valence-electron chi connectivity index (χ0n) is 28.4. The third-order valence-electron chi connectivity index (χ3n) is 10.9. The van der Waals surface area contributed by atoms with Crippen LogP contribution in [0.4, 0.5) is 0 Å². The molecule has 0 amide bonds. The van der Waals surface area contributed by atoms with Gasteiger partial charge >= 0.3 is 0 Å². The van der Waals surface area contributed by atoms with E-state index in [0.717, 1.165) is 11.4 Å². The van der Waals surface area contributed by atoms with Gasteiger partial charge in [-0.05, 0) is 69.2 Å². The molecule has 11 aromatic rings. The smallest absolute Gasteiger partial charge is 0.0647 e. The molecule has 11 rings (SSSR count). The fraction of sp³-hybridized carbons (Fsp3) is 0. The van der Waals surface area contributed by atoms with E-state index in [4.69, 9.17) is 0 Å². The highest BCUT2D eigenvalue weighted by molar-refractivity contribution is 6.36. The van der Waals surface area contributed by atoms with E-state index in [1.807, 2.05) is 0 Å². The normalized spacial score (nSPS) is 11.8. The fourth-order valence-electron chi connectivity index (χ4n) is 8.62. The summed E-state index contributed by atoms with van der Waals surface area (Å²) in [6.45, 7) is 0. The minimum absolute atomic E-state index is 1.16. The summed E-state index contributed by atoms with van der Waals surface area (Å²) in [6.07, 6.45) is 0. The lowest BCUT2D eigenvalue weighted by atomic mass is 9.96. The van der Waals surface area contributed by atoms with Crippen molar-refractivity contribution in [1.29, 1.82) is 0 Å². The van der Waals surface area contributed by atoms with Crippen molar-refractivity contribution in [2.45, 2.75) is 0 Å². The van der Waals surface area contributed by atoms with E-state index in [-0.39, 0.29) is 0 Å². The molecule has 9 aromatic carbocycles. The van der Waals surface area contributed by atoms with E-state index in [0.29, 0.717) is 0 Å². The van der Waals surface area contributed by atoms with Crippen LogP contribution >= 0.6 is 0 Å². The molecule has 0 unspecified atom stereocenters. The zero-order valence-corrected chi connectivity index (χ0v) is 28.4. The SMILES string of the molecule is c1ccc(-c2ccc(-n3c4ccccc4c4c3c3ccccc3c3c5ccccc5n(-c5ccc6ccccc6c5)c34)c(-c3ccccc3)c2)cc1. The number of para-hydroxylation sites is 2. The van der Waals surface area contributed by atoms with Gasteiger partial charge in [0.1, 0.15) is 0 Å². The monoisotopic (exact) mass is 660 g/mol. The highest BCUT2D eigenvalue weighted by Crippen LogP contribution is 2.48. The topological polar surface area (TPSA) is 9.86 Å². The number of nitrogens with zero attached hydrogens (tertiary/aromatic N) is 2. The maximum atomic E-state index is 2.53. The Morgan fingerprint density at radius 1 is 0.308 bits per heavy atom. The number of hydrogen-bond donors (Lipinski definition) is 0. The van der Waals surface area contributed by atoms with Crippen molar-refractivity contribution in [3.05, 3.63) is 194 Å². The van der Waals surface area contributed by atoms with Crippen LogP contribution in [0.2, 0.25) is 0 Å². The quantitative estimate of drug-likeness (QED) is 0.178. The van der Waals surface area contributed by atoms with Crippen LogP contribution in [0.3, 0.4) is 0 Å². The third-order valence-corrected chi connectivity index (χ3v) is 10.9. The predicted molar refractivity (Wildman–Crippen MR) is 221 cm³/mol. The van der Waals surface area contributed by atoms with Gasteiger partial charge in [-0.3, -0.25) is 0 Å². The van der Waals surface area contributed by atoms with Gasteiger partial charge in [0, 0.05) is 38.2 Å². The third kappa shape index (κ3) is 4.19. The average Bonchev–Trinajstić information content (AvgIpc) is 3.75. The van der Waals surface area contributed by atoms with Crippen molar-refractivity contribution >= 4 is 65.2 Å². The highest BCUT2D eigenvalue weighted by Gasteiger charge is 2.25. The minimum atomic E-state index is 1.16. The van der Waals surface area contributed by atoms with Gasteiger partial charge in [-0.1, -0.05) is 158 Å². The van der Waals surface area contributed by atoms with Gasteiger partial charge in [0.15, 0.2) is 0 Å². The minimum Gasteiger partial charge on any atom is -0.308 e. The lowest BCUT2D eigenvalue weighted by molar-refractivity contribution is 1.18. The molecule has 242 valence electrons. The van der Waals surface area contributed by atoms with E-state index in [2.05, 4.69) is 203 Å². The number of benzene rings is 9. The molecule has 0 saturated carbocycles. The molecule has 2 aromatic heterocycles. The second kappa shape index (κ2) is 11.3. The van der Waals surface area contributed by atoms with Crippen LogP contribution in [0.5, 0.6) is 0 Å². The van der Waals surface area contributed by atoms with Crippen LogP contribution in [-0.2, 0) is 0 Å². The second-order valence-corrected chi connectivity index (χ2v) is 13.7. The van der Waals surface area contributed by atoms with E-state index in [9.17, 15) is 0 Å². The lowest BCUT2D eigenvalue weighted by Gasteiger charge is -2.17. The molecule has 0 aliphatic carbocycles. The Labute approximate surface area is 301 Å². The molecule has 0 aliphatic rings. The van der Waals surface area contributed by atoms with Gasteiger partial charge in [-0.25, -0.2) is 0 Å². The second-order valence-electron chi connectivity index (χ2n) is 13.7. The predicted octanol–water partition coefficient (Wildman–Crippen LogP) is 13.5. The lowest BCUT2D eigenvalue weighted by Crippen LogP contribution is -1.99. The maximum Gasteiger partial charge on any atom is 0.0647 e. The molecule has 0 bridgehead atoms. The van der Waals surface area contributed by atoms with Crippen molar-refractivity contribution in [3.63, 3.8) is 0 Å². The molecule has 0 aliphatic heterocycles. The largest absolute Gasteiger partial charge is 0.308 e. The molecule has 0 spiro atoms. The molecule has 0 fully saturated rings. The van der Waals surface area contributed by atoms with Gasteiger partial charge in [-0.15, -0.1) is 0 Å². The Bertz CT molecular complexity index is 3160. The first-order chi connectivity index (χ1) is 25.8. The molecule has 2 heterocycles. The standard InChI is InChI=1S/C50H32N2/c1-3-15-33(16-4-1)37-28-30-46(43(32-37)35-18-5-2-6-19-35)52-45-26-14-12-24-42(45)48-49(52)40-22-10-9-21-39(40)47-41-23-11-13-25-44(41)51(50(47)48)38-29-27-34-17-7-8-20-36(34)31-38/h1-32H. The van der Waals surface area contributed by atoms with Crippen molar-refractivity contribution in [2.24, 2.45) is 0 Å². The molecular weight excluding hydrogens is 629 g/mol. The summed E-state index contributed by atoms with van der Waals surface area (Å²) in [4.78, 5) is 0. The van der Waals surface area contributed by atoms with Crippen molar-refractivity contribution in [3.8, 4) is 33.6 Å². The molecule has 2 nitrogen and oxygen atoms in total. The van der Waals surface area contributed by atoms with Crippen LogP contribution in [0, 0.1) is 0 Å². The Balaban J connectivity index is 1.35. The summed E-state index contributed by atoms with van der Waals surface area (Å²) < 4.78 is 5.05. The van der Waals surface area contributed by atoms with Crippen LogP contribution in [0.1, 0.15) is 0 Å². The molecule has 0 N–H and O–H groups in total. The van der Waals surface area contributed by atoms with E-state index >= 15 is 0 Å². The molecule has 0 radical (unpaired) electrons. The Morgan fingerprint density at radius 3 is 1.63 bits per heavy atom. The number of fused-ring (bicyclic) bond motifs is 11. The van der Waals surface area contributed by atoms with Crippen molar-refractivity contribution in [1.82, 2.24) is 9.13 Å². The van der Waals surface area contributed by atoms with Gasteiger partial charge < -0.3 is 9.13 Å². The summed E-state index contributed by atoms with van der Waals surface area (Å²) in [5.41, 5.74) is 12.0. The Morgan fingerprint density at radius 2 is 0.885 bits per heavy atom. The van der Waals surface area contributed by atoms with Gasteiger partial charge in [0.05, 0.1) is 27.8 Å². The summed E-state index contributed by atoms with van der Waals surface area (Å²) in [7, 11) is 0. The molecular formula is C50H32N2. The van der Waals surface area contributed by atoms with Crippen molar-refractivity contribution < 1.29 is 0 Å².